The summed E-state index contributed by atoms with van der Waals surface area (Å²) in [6, 6.07) is 16.2. The van der Waals surface area contributed by atoms with Crippen molar-refractivity contribution in [1.82, 2.24) is 14.5 Å². The van der Waals surface area contributed by atoms with Gasteiger partial charge in [-0.3, -0.25) is 9.36 Å². The summed E-state index contributed by atoms with van der Waals surface area (Å²) < 4.78 is 2.02. The average Bonchev–Trinajstić information content (AvgIpc) is 3.14. The van der Waals surface area contributed by atoms with Crippen LogP contribution in [0, 0.1) is 6.92 Å². The Morgan fingerprint density at radius 3 is 2.61 bits per heavy atom. The number of hydrogen-bond donors (Lipinski definition) is 1. The van der Waals surface area contributed by atoms with Gasteiger partial charge in [-0.25, -0.2) is 4.98 Å². The molecule has 0 unspecified atom stereocenters. The minimum atomic E-state index is -0.0367. The molecule has 0 saturated carbocycles. The van der Waals surface area contributed by atoms with Crippen LogP contribution in [-0.2, 0) is 11.2 Å². The van der Waals surface area contributed by atoms with E-state index in [2.05, 4.69) is 60.5 Å². The van der Waals surface area contributed by atoms with Gasteiger partial charge in [-0.2, -0.15) is 0 Å². The van der Waals surface area contributed by atoms with Gasteiger partial charge in [-0.15, -0.1) is 0 Å². The maximum atomic E-state index is 12.3. The summed E-state index contributed by atoms with van der Waals surface area (Å²) in [5.41, 5.74) is 4.33. The Morgan fingerprint density at radius 1 is 1.14 bits per heavy atom. The fourth-order valence-electron chi connectivity index (χ4n) is 2.85. The molecule has 0 aliphatic rings. The summed E-state index contributed by atoms with van der Waals surface area (Å²) in [6.45, 7) is 3.08. The third-order valence-corrected chi connectivity index (χ3v) is 5.37. The van der Waals surface area contributed by atoms with Crippen LogP contribution in [0.2, 0.25) is 0 Å². The monoisotopic (exact) mass is 394 g/mol. The lowest BCUT2D eigenvalue weighted by Gasteiger charge is -2.11. The SMILES string of the molecule is Cc1ccccc1-n1ccnc1SCC(=O)Nc1ccc(CCN(C)C)cc1. The maximum absolute atomic E-state index is 12.3. The van der Waals surface area contributed by atoms with Crippen molar-refractivity contribution in [2.45, 2.75) is 18.5 Å². The summed E-state index contributed by atoms with van der Waals surface area (Å²) in [4.78, 5) is 18.9. The molecule has 146 valence electrons. The van der Waals surface area contributed by atoms with Gasteiger partial charge >= 0.3 is 0 Å². The molecule has 1 amide bonds. The van der Waals surface area contributed by atoms with Crippen LogP contribution >= 0.6 is 11.8 Å². The largest absolute Gasteiger partial charge is 0.325 e. The van der Waals surface area contributed by atoms with Crippen molar-refractivity contribution in [1.29, 1.82) is 0 Å². The molecule has 2 aromatic carbocycles. The van der Waals surface area contributed by atoms with Gasteiger partial charge in [0.15, 0.2) is 5.16 Å². The Morgan fingerprint density at radius 2 is 1.89 bits per heavy atom. The lowest BCUT2D eigenvalue weighted by Crippen LogP contribution is -2.15. The third-order valence-electron chi connectivity index (χ3n) is 4.40. The summed E-state index contributed by atoms with van der Waals surface area (Å²) in [5, 5.41) is 3.77. The van der Waals surface area contributed by atoms with Crippen molar-refractivity contribution >= 4 is 23.4 Å². The summed E-state index contributed by atoms with van der Waals surface area (Å²) >= 11 is 1.43. The molecule has 0 bridgehead atoms. The van der Waals surface area contributed by atoms with E-state index < -0.39 is 0 Å². The lowest BCUT2D eigenvalue weighted by atomic mass is 10.1. The van der Waals surface area contributed by atoms with E-state index in [0.29, 0.717) is 5.75 Å². The van der Waals surface area contributed by atoms with Crippen LogP contribution < -0.4 is 5.32 Å². The van der Waals surface area contributed by atoms with Crippen LogP contribution in [-0.4, -0.2) is 46.8 Å². The number of thioether (sulfide) groups is 1. The number of likely N-dealkylation sites (N-methyl/N-ethyl adjacent to an activating group) is 1. The molecule has 0 atom stereocenters. The van der Waals surface area contributed by atoms with Gasteiger partial charge in [-0.1, -0.05) is 42.1 Å². The fourth-order valence-corrected chi connectivity index (χ4v) is 3.61. The molecule has 1 heterocycles. The first-order valence-corrected chi connectivity index (χ1v) is 10.3. The number of amides is 1. The molecule has 1 N–H and O–H groups in total. The minimum Gasteiger partial charge on any atom is -0.325 e. The van der Waals surface area contributed by atoms with Crippen molar-refractivity contribution < 1.29 is 4.79 Å². The molecule has 1 aromatic heterocycles. The van der Waals surface area contributed by atoms with Crippen LogP contribution in [0.1, 0.15) is 11.1 Å². The quantitative estimate of drug-likeness (QED) is 0.587. The van der Waals surface area contributed by atoms with Crippen molar-refractivity contribution in [2.24, 2.45) is 0 Å². The molecule has 3 aromatic rings. The van der Waals surface area contributed by atoms with Crippen LogP contribution in [0.3, 0.4) is 0 Å². The number of carbonyl (C=O) groups is 1. The van der Waals surface area contributed by atoms with Gasteiger partial charge in [0, 0.05) is 24.6 Å². The number of hydrogen-bond acceptors (Lipinski definition) is 4. The molecule has 3 rings (SSSR count). The Balaban J connectivity index is 1.56. The minimum absolute atomic E-state index is 0.0367. The standard InChI is InChI=1S/C22H26N4OS/c1-17-6-4-5-7-20(17)26-15-13-23-22(26)28-16-21(27)24-19-10-8-18(9-11-19)12-14-25(2)3/h4-11,13,15H,12,14,16H2,1-3H3,(H,24,27). The number of aromatic nitrogens is 2. The van der Waals surface area contributed by atoms with Gasteiger partial charge in [0.05, 0.1) is 11.4 Å². The first-order valence-electron chi connectivity index (χ1n) is 9.28. The smallest absolute Gasteiger partial charge is 0.234 e. The molecule has 0 saturated heterocycles. The Bertz CT molecular complexity index is 918. The van der Waals surface area contributed by atoms with E-state index >= 15 is 0 Å². The van der Waals surface area contributed by atoms with E-state index in [1.165, 1.54) is 22.9 Å². The van der Waals surface area contributed by atoms with E-state index in [4.69, 9.17) is 0 Å². The molecule has 5 nitrogen and oxygen atoms in total. The van der Waals surface area contributed by atoms with E-state index in [1.807, 2.05) is 35.0 Å². The number of imidazole rings is 1. The second-order valence-electron chi connectivity index (χ2n) is 6.95. The van der Waals surface area contributed by atoms with E-state index in [1.54, 1.807) is 6.20 Å². The van der Waals surface area contributed by atoms with Gasteiger partial charge in [0.1, 0.15) is 0 Å². The summed E-state index contributed by atoms with van der Waals surface area (Å²) in [7, 11) is 4.13. The number of aryl methyl sites for hydroxylation is 1. The number of nitrogens with zero attached hydrogens (tertiary/aromatic N) is 3. The normalized spacial score (nSPS) is 11.0. The van der Waals surface area contributed by atoms with Crippen molar-refractivity contribution in [3.05, 3.63) is 72.1 Å². The molecule has 0 spiro atoms. The van der Waals surface area contributed by atoms with Gasteiger partial charge in [-0.05, 0) is 56.8 Å². The van der Waals surface area contributed by atoms with Crippen LogP contribution in [0.25, 0.3) is 5.69 Å². The molecular weight excluding hydrogens is 368 g/mol. The maximum Gasteiger partial charge on any atom is 0.234 e. The number of nitrogens with one attached hydrogen (secondary N) is 1. The highest BCUT2D eigenvalue weighted by Crippen LogP contribution is 2.22. The van der Waals surface area contributed by atoms with Crippen molar-refractivity contribution in [2.75, 3.05) is 31.7 Å². The highest BCUT2D eigenvalue weighted by molar-refractivity contribution is 7.99. The molecule has 0 aliphatic carbocycles. The first-order chi connectivity index (χ1) is 13.5. The molecule has 0 aliphatic heterocycles. The molecule has 6 heteroatoms. The second kappa shape index (κ2) is 9.57. The zero-order valence-corrected chi connectivity index (χ0v) is 17.4. The van der Waals surface area contributed by atoms with Gasteiger partial charge in [0.2, 0.25) is 5.91 Å². The summed E-state index contributed by atoms with van der Waals surface area (Å²) in [6.07, 6.45) is 4.69. The van der Waals surface area contributed by atoms with Crippen LogP contribution in [0.15, 0.2) is 66.1 Å². The number of benzene rings is 2. The lowest BCUT2D eigenvalue weighted by molar-refractivity contribution is -0.113. The second-order valence-corrected chi connectivity index (χ2v) is 7.90. The Hall–Kier alpha value is -2.57. The number of rotatable bonds is 8. The van der Waals surface area contributed by atoms with Crippen molar-refractivity contribution in [3.8, 4) is 5.69 Å². The molecule has 0 radical (unpaired) electrons. The van der Waals surface area contributed by atoms with Gasteiger partial charge < -0.3 is 10.2 Å². The number of anilines is 1. The molecule has 28 heavy (non-hydrogen) atoms. The van der Waals surface area contributed by atoms with Crippen LogP contribution in [0.5, 0.6) is 0 Å². The molecular formula is C22H26N4OS. The number of carbonyl (C=O) groups excluding carboxylic acids is 1. The predicted octanol–water partition coefficient (Wildman–Crippen LogP) is 4.02. The Labute approximate surface area is 170 Å². The van der Waals surface area contributed by atoms with Gasteiger partial charge in [0.25, 0.3) is 0 Å². The van der Waals surface area contributed by atoms with E-state index in [0.717, 1.165) is 29.5 Å². The first kappa shape index (κ1) is 20.2. The average molecular weight is 395 g/mol. The van der Waals surface area contributed by atoms with Crippen LogP contribution in [0.4, 0.5) is 5.69 Å². The van der Waals surface area contributed by atoms with E-state index in [9.17, 15) is 4.79 Å². The Kier molecular flexibility index (Phi) is 6.90. The number of para-hydroxylation sites is 1. The highest BCUT2D eigenvalue weighted by atomic mass is 32.2. The third kappa shape index (κ3) is 5.47. The zero-order valence-electron chi connectivity index (χ0n) is 16.6. The topological polar surface area (TPSA) is 50.2 Å². The van der Waals surface area contributed by atoms with E-state index in [-0.39, 0.29) is 5.91 Å². The predicted molar refractivity (Wildman–Crippen MR) is 116 cm³/mol. The highest BCUT2D eigenvalue weighted by Gasteiger charge is 2.10. The zero-order chi connectivity index (χ0) is 19.9. The van der Waals surface area contributed by atoms with Crippen molar-refractivity contribution in [3.63, 3.8) is 0 Å². The fraction of sp³-hybridized carbons (Fsp3) is 0.273. The molecule has 0 fully saturated rings. The summed E-state index contributed by atoms with van der Waals surface area (Å²) in [5.74, 6) is 0.274.